The zero-order valence-electron chi connectivity index (χ0n) is 21.4. The van der Waals surface area contributed by atoms with Crippen LogP contribution in [0.15, 0.2) is 69.9 Å². The Labute approximate surface area is 235 Å². The molecule has 8 nitrogen and oxygen atoms in total. The molecular formula is C29H28ClN3O5S. The smallest absolute Gasteiger partial charge is 0.349 e. The second-order valence-corrected chi connectivity index (χ2v) is 10.2. The molecule has 6 rings (SSSR count). The number of carbonyl (C=O) groups excluding carboxylic acids is 1. The number of anilines is 1. The van der Waals surface area contributed by atoms with Gasteiger partial charge in [-0.3, -0.25) is 14.6 Å². The number of nitrogens with zero attached hydrogens (tertiary/aromatic N) is 3. The van der Waals surface area contributed by atoms with Crippen molar-refractivity contribution in [2.45, 2.75) is 6.42 Å². The fourth-order valence-electron chi connectivity index (χ4n) is 4.86. The number of rotatable bonds is 7. The lowest BCUT2D eigenvalue weighted by Crippen LogP contribution is -2.40. The highest BCUT2D eigenvalue weighted by atomic mass is 35.5. The van der Waals surface area contributed by atoms with Crippen LogP contribution in [0.1, 0.15) is 16.8 Å². The molecular weight excluding hydrogens is 538 g/mol. The number of benzene rings is 3. The highest BCUT2D eigenvalue weighted by Crippen LogP contribution is 2.33. The Morgan fingerprint density at radius 1 is 1.08 bits per heavy atom. The largest absolute Gasteiger partial charge is 0.497 e. The van der Waals surface area contributed by atoms with Crippen molar-refractivity contribution < 1.29 is 18.7 Å². The van der Waals surface area contributed by atoms with Crippen LogP contribution < -0.4 is 15.3 Å². The van der Waals surface area contributed by atoms with Crippen molar-refractivity contribution in [2.24, 2.45) is 0 Å². The highest BCUT2D eigenvalue weighted by molar-refractivity contribution is 7.22. The summed E-state index contributed by atoms with van der Waals surface area (Å²) in [4.78, 5) is 35.7. The van der Waals surface area contributed by atoms with Gasteiger partial charge in [0.05, 0.1) is 30.5 Å². The molecule has 1 amide bonds. The molecule has 0 spiro atoms. The molecule has 10 heteroatoms. The molecule has 0 radical (unpaired) electrons. The third kappa shape index (κ3) is 5.49. The first-order valence-electron chi connectivity index (χ1n) is 12.6. The minimum Gasteiger partial charge on any atom is -0.497 e. The van der Waals surface area contributed by atoms with E-state index in [1.54, 1.807) is 24.1 Å². The molecule has 1 saturated heterocycles. The van der Waals surface area contributed by atoms with Crippen molar-refractivity contribution >= 4 is 66.7 Å². The van der Waals surface area contributed by atoms with E-state index in [9.17, 15) is 9.59 Å². The van der Waals surface area contributed by atoms with Gasteiger partial charge in [0, 0.05) is 31.6 Å². The lowest BCUT2D eigenvalue weighted by molar-refractivity contribution is 0.0376. The Kier molecular flexibility index (Phi) is 8.13. The number of halogens is 1. The molecule has 0 bridgehead atoms. The molecule has 0 aliphatic carbocycles. The van der Waals surface area contributed by atoms with Crippen molar-refractivity contribution in [3.05, 3.63) is 76.6 Å². The molecule has 0 saturated carbocycles. The Balaban J connectivity index is 0.00000308. The highest BCUT2D eigenvalue weighted by Gasteiger charge is 2.25. The summed E-state index contributed by atoms with van der Waals surface area (Å²) < 4.78 is 17.4. The van der Waals surface area contributed by atoms with E-state index in [2.05, 4.69) is 4.90 Å². The van der Waals surface area contributed by atoms with Gasteiger partial charge in [0.2, 0.25) is 0 Å². The number of methoxy groups -OCH3 is 1. The number of ether oxygens (including phenoxy) is 2. The van der Waals surface area contributed by atoms with Gasteiger partial charge in [-0.15, -0.1) is 12.4 Å². The summed E-state index contributed by atoms with van der Waals surface area (Å²) in [6.45, 7) is 4.41. The Morgan fingerprint density at radius 2 is 1.90 bits per heavy atom. The van der Waals surface area contributed by atoms with Gasteiger partial charge in [-0.1, -0.05) is 41.7 Å². The number of morpholine rings is 1. The van der Waals surface area contributed by atoms with Gasteiger partial charge in [-0.05, 0) is 47.5 Å². The molecule has 1 aliphatic rings. The maximum Gasteiger partial charge on any atom is 0.349 e. The summed E-state index contributed by atoms with van der Waals surface area (Å²) in [5.74, 6) is 0.307. The normalized spacial score (nSPS) is 14.0. The van der Waals surface area contributed by atoms with Crippen LogP contribution in [0, 0.1) is 0 Å². The molecule has 39 heavy (non-hydrogen) atoms. The lowest BCUT2D eigenvalue weighted by atomic mass is 10.0. The second kappa shape index (κ2) is 11.7. The Hall–Kier alpha value is -3.50. The third-order valence-corrected chi connectivity index (χ3v) is 7.93. The molecule has 0 unspecified atom stereocenters. The average Bonchev–Trinajstić information content (AvgIpc) is 3.38. The summed E-state index contributed by atoms with van der Waals surface area (Å²) in [5.41, 5.74) is 0.570. The standard InChI is InChI=1S/C29H27N3O5S.ClH/c1-35-20-8-9-24-26(17-20)38-29(30-24)32(12-4-11-31-13-15-36-16-14-31)27(33)23-18-22-21-6-3-2-5-19(21)7-10-25(22)37-28(23)34;/h2-3,5-10,17-18H,4,11-16H2,1H3;1H. The Morgan fingerprint density at radius 3 is 2.72 bits per heavy atom. The van der Waals surface area contributed by atoms with Crippen molar-refractivity contribution in [3.63, 3.8) is 0 Å². The van der Waals surface area contributed by atoms with Gasteiger partial charge in [0.15, 0.2) is 5.13 Å². The first-order valence-corrected chi connectivity index (χ1v) is 13.4. The predicted octanol–water partition coefficient (Wildman–Crippen LogP) is 5.36. The van der Waals surface area contributed by atoms with E-state index < -0.39 is 11.5 Å². The zero-order chi connectivity index (χ0) is 26.1. The minimum absolute atomic E-state index is 0. The molecule has 3 heterocycles. The molecule has 202 valence electrons. The van der Waals surface area contributed by atoms with E-state index in [4.69, 9.17) is 18.9 Å². The number of aromatic nitrogens is 1. The van der Waals surface area contributed by atoms with Gasteiger partial charge < -0.3 is 13.9 Å². The van der Waals surface area contributed by atoms with Gasteiger partial charge >= 0.3 is 5.63 Å². The van der Waals surface area contributed by atoms with Crippen molar-refractivity contribution in [1.82, 2.24) is 9.88 Å². The predicted molar refractivity (Wildman–Crippen MR) is 157 cm³/mol. The van der Waals surface area contributed by atoms with Gasteiger partial charge in [-0.2, -0.15) is 0 Å². The second-order valence-electron chi connectivity index (χ2n) is 9.24. The van der Waals surface area contributed by atoms with Crippen LogP contribution in [-0.2, 0) is 4.74 Å². The monoisotopic (exact) mass is 565 g/mol. The quantitative estimate of drug-likeness (QED) is 0.194. The fourth-order valence-corrected chi connectivity index (χ4v) is 5.88. The van der Waals surface area contributed by atoms with Crippen molar-refractivity contribution in [2.75, 3.05) is 51.4 Å². The molecule has 0 atom stereocenters. The molecule has 1 fully saturated rings. The molecule has 1 aliphatic heterocycles. The first-order chi connectivity index (χ1) is 18.6. The summed E-state index contributed by atoms with van der Waals surface area (Å²) in [7, 11) is 1.62. The van der Waals surface area contributed by atoms with Crippen LogP contribution in [0.25, 0.3) is 32.0 Å². The number of hydrogen-bond donors (Lipinski definition) is 0. The number of thiazole rings is 1. The maximum atomic E-state index is 14.0. The molecule has 3 aromatic carbocycles. The van der Waals surface area contributed by atoms with E-state index in [1.807, 2.05) is 48.5 Å². The SMILES string of the molecule is COc1ccc2nc(N(CCCN3CCOCC3)C(=O)c3cc4c(ccc5ccccc54)oc3=O)sc2c1.Cl. The molecule has 0 N–H and O–H groups in total. The number of fused-ring (bicyclic) bond motifs is 4. The summed E-state index contributed by atoms with van der Waals surface area (Å²) >= 11 is 1.40. The van der Waals surface area contributed by atoms with Crippen LogP contribution in [-0.4, -0.2) is 62.3 Å². The third-order valence-electron chi connectivity index (χ3n) is 6.89. The fraction of sp³-hybridized carbons (Fsp3) is 0.276. The first kappa shape index (κ1) is 27.1. The zero-order valence-corrected chi connectivity index (χ0v) is 23.1. The van der Waals surface area contributed by atoms with Crippen molar-refractivity contribution in [1.29, 1.82) is 0 Å². The van der Waals surface area contributed by atoms with Crippen LogP contribution in [0.5, 0.6) is 5.75 Å². The topological polar surface area (TPSA) is 85.1 Å². The van der Waals surface area contributed by atoms with Gasteiger partial charge in [-0.25, -0.2) is 9.78 Å². The van der Waals surface area contributed by atoms with Crippen LogP contribution >= 0.6 is 23.7 Å². The van der Waals surface area contributed by atoms with Crippen LogP contribution in [0.3, 0.4) is 0 Å². The van der Waals surface area contributed by atoms with Gasteiger partial charge in [0.25, 0.3) is 5.91 Å². The molecule has 2 aromatic heterocycles. The number of hydrogen-bond acceptors (Lipinski definition) is 8. The minimum atomic E-state index is -0.654. The van der Waals surface area contributed by atoms with Crippen molar-refractivity contribution in [3.8, 4) is 5.75 Å². The van der Waals surface area contributed by atoms with Crippen LogP contribution in [0.2, 0.25) is 0 Å². The number of carbonyl (C=O) groups is 1. The summed E-state index contributed by atoms with van der Waals surface area (Å²) in [5, 5.41) is 3.20. The van der Waals surface area contributed by atoms with E-state index in [0.29, 0.717) is 30.5 Å². The van der Waals surface area contributed by atoms with Gasteiger partial charge in [0.1, 0.15) is 16.9 Å². The van der Waals surface area contributed by atoms with E-state index >= 15 is 0 Å². The average molecular weight is 566 g/mol. The lowest BCUT2D eigenvalue weighted by Gasteiger charge is -2.27. The summed E-state index contributed by atoms with van der Waals surface area (Å²) in [6, 6.07) is 18.8. The molecule has 5 aromatic rings. The maximum absolute atomic E-state index is 14.0. The van der Waals surface area contributed by atoms with E-state index in [-0.39, 0.29) is 18.0 Å². The van der Waals surface area contributed by atoms with E-state index in [1.165, 1.54) is 11.3 Å². The van der Waals surface area contributed by atoms with Crippen LogP contribution in [0.4, 0.5) is 5.13 Å². The number of amides is 1. The van der Waals surface area contributed by atoms with E-state index in [0.717, 1.165) is 58.2 Å². The summed E-state index contributed by atoms with van der Waals surface area (Å²) in [6.07, 6.45) is 0.729. The Bertz CT molecular complexity index is 1700.